The Labute approximate surface area is 176 Å². The van der Waals surface area contributed by atoms with E-state index in [9.17, 15) is 13.2 Å². The molecule has 158 valence electrons. The second-order valence-corrected chi connectivity index (χ2v) is 9.12. The quantitative estimate of drug-likeness (QED) is 0.538. The van der Waals surface area contributed by atoms with E-state index in [1.807, 2.05) is 55.8 Å². The lowest BCUT2D eigenvalue weighted by Gasteiger charge is -2.09. The minimum Gasteiger partial charge on any atom is -0.395 e. The average molecular weight is 428 g/mol. The molecule has 8 heteroatoms. The first-order valence-corrected chi connectivity index (χ1v) is 11.2. The Morgan fingerprint density at radius 1 is 1.13 bits per heavy atom. The molecule has 0 fully saturated rings. The van der Waals surface area contributed by atoms with Crippen LogP contribution in [0.1, 0.15) is 38.6 Å². The van der Waals surface area contributed by atoms with Gasteiger partial charge in [-0.1, -0.05) is 29.8 Å². The van der Waals surface area contributed by atoms with Crippen LogP contribution in [0.2, 0.25) is 0 Å². The number of hydrogen-bond acceptors (Lipinski definition) is 5. The van der Waals surface area contributed by atoms with Gasteiger partial charge in [-0.15, -0.1) is 0 Å². The van der Waals surface area contributed by atoms with Crippen LogP contribution in [0.4, 0.5) is 5.69 Å². The highest BCUT2D eigenvalue weighted by Crippen LogP contribution is 2.21. The molecule has 0 aliphatic heterocycles. The molecular formula is C22H25N3O4S. The molecule has 30 heavy (non-hydrogen) atoms. The van der Waals surface area contributed by atoms with E-state index in [0.717, 1.165) is 22.5 Å². The number of anilines is 1. The molecule has 0 aliphatic rings. The second-order valence-electron chi connectivity index (χ2n) is 7.28. The molecule has 0 aliphatic carbocycles. The molecule has 7 nitrogen and oxygen atoms in total. The Hall–Kier alpha value is -2.97. The summed E-state index contributed by atoms with van der Waals surface area (Å²) >= 11 is 0. The van der Waals surface area contributed by atoms with Crippen molar-refractivity contribution in [2.24, 2.45) is 7.05 Å². The smallest absolute Gasteiger partial charge is 0.235 e. The van der Waals surface area contributed by atoms with Gasteiger partial charge in [0.15, 0.2) is 0 Å². The number of nitrogens with zero attached hydrogens (tertiary/aromatic N) is 2. The zero-order valence-electron chi connectivity index (χ0n) is 17.2. The van der Waals surface area contributed by atoms with Crippen molar-refractivity contribution in [1.82, 2.24) is 9.55 Å². The lowest BCUT2D eigenvalue weighted by Crippen LogP contribution is -2.19. The predicted octanol–water partition coefficient (Wildman–Crippen LogP) is 2.59. The van der Waals surface area contributed by atoms with Gasteiger partial charge < -0.3 is 9.67 Å². The number of aromatic nitrogens is 2. The lowest BCUT2D eigenvalue weighted by atomic mass is 10.0. The fourth-order valence-electron chi connectivity index (χ4n) is 3.29. The van der Waals surface area contributed by atoms with Crippen LogP contribution in [0.3, 0.4) is 0 Å². The number of carbonyl (C=O) groups is 1. The lowest BCUT2D eigenvalue weighted by molar-refractivity contribution is 0.103. The second kappa shape index (κ2) is 8.81. The molecule has 0 atom stereocenters. The molecule has 0 radical (unpaired) electrons. The number of aryl methyl sites for hydroxylation is 2. The van der Waals surface area contributed by atoms with Crippen molar-refractivity contribution in [3.05, 3.63) is 82.4 Å². The van der Waals surface area contributed by atoms with E-state index in [1.54, 1.807) is 12.1 Å². The van der Waals surface area contributed by atoms with Gasteiger partial charge >= 0.3 is 0 Å². The predicted molar refractivity (Wildman–Crippen MR) is 116 cm³/mol. The number of hydrogen-bond donors (Lipinski definition) is 2. The zero-order chi connectivity index (χ0) is 21.9. The van der Waals surface area contributed by atoms with Crippen LogP contribution < -0.4 is 4.72 Å². The molecule has 0 spiro atoms. The van der Waals surface area contributed by atoms with Gasteiger partial charge in [0.2, 0.25) is 15.8 Å². The minimum absolute atomic E-state index is 0.0251. The summed E-state index contributed by atoms with van der Waals surface area (Å²) in [6, 6.07) is 12.9. The minimum atomic E-state index is -3.59. The van der Waals surface area contributed by atoms with Crippen LogP contribution >= 0.6 is 0 Å². The Morgan fingerprint density at radius 2 is 1.83 bits per heavy atom. The number of rotatable bonds is 8. The molecule has 1 aromatic carbocycles. The first kappa shape index (κ1) is 21.7. The molecule has 3 aromatic rings. The van der Waals surface area contributed by atoms with E-state index in [1.165, 1.54) is 6.20 Å². The van der Waals surface area contributed by atoms with Crippen LogP contribution in [0.5, 0.6) is 0 Å². The average Bonchev–Trinajstić information content (AvgIpc) is 2.96. The Bertz CT molecular complexity index is 1150. The first-order valence-electron chi connectivity index (χ1n) is 9.53. The third-order valence-corrected chi connectivity index (χ3v) is 6.14. The molecule has 2 heterocycles. The third kappa shape index (κ3) is 4.95. The van der Waals surface area contributed by atoms with E-state index in [4.69, 9.17) is 5.11 Å². The van der Waals surface area contributed by atoms with Gasteiger partial charge in [-0.3, -0.25) is 14.5 Å². The molecule has 0 bridgehead atoms. The maximum absolute atomic E-state index is 13.0. The summed E-state index contributed by atoms with van der Waals surface area (Å²) in [5, 5.41) is 8.80. The van der Waals surface area contributed by atoms with Crippen LogP contribution in [-0.2, 0) is 23.5 Å². The van der Waals surface area contributed by atoms with Crippen molar-refractivity contribution in [3.63, 3.8) is 0 Å². The number of aliphatic hydroxyl groups excluding tert-OH is 1. The molecule has 0 saturated carbocycles. The largest absolute Gasteiger partial charge is 0.395 e. The summed E-state index contributed by atoms with van der Waals surface area (Å²) in [6.07, 6.45) is 1.95. The zero-order valence-corrected chi connectivity index (χ0v) is 18.0. The van der Waals surface area contributed by atoms with Crippen molar-refractivity contribution in [3.8, 4) is 0 Å². The highest BCUT2D eigenvalue weighted by Gasteiger charge is 2.19. The van der Waals surface area contributed by atoms with E-state index in [-0.39, 0.29) is 11.5 Å². The van der Waals surface area contributed by atoms with Crippen LogP contribution in [0.25, 0.3) is 0 Å². The third-order valence-electron chi connectivity index (χ3n) is 4.87. The molecule has 2 aromatic heterocycles. The Balaban J connectivity index is 1.79. The number of aliphatic hydroxyl groups is 1. The van der Waals surface area contributed by atoms with E-state index >= 15 is 0 Å². The molecule has 0 saturated heterocycles. The first-order chi connectivity index (χ1) is 14.2. The van der Waals surface area contributed by atoms with Gasteiger partial charge in [-0.25, -0.2) is 8.42 Å². The highest BCUT2D eigenvalue weighted by molar-refractivity contribution is 7.92. The van der Waals surface area contributed by atoms with Crippen molar-refractivity contribution >= 4 is 21.5 Å². The maximum atomic E-state index is 13.0. The fourth-order valence-corrected chi connectivity index (χ4v) is 4.11. The summed E-state index contributed by atoms with van der Waals surface area (Å²) in [4.78, 5) is 17.3. The SMILES string of the molecule is Cc1ccc(C(=O)c2c(C)cc(Cc3ccc(NS(=O)(=O)CCO)cn3)n2C)cc1. The number of carbonyl (C=O) groups excluding carboxylic acids is 1. The van der Waals surface area contributed by atoms with E-state index in [0.29, 0.717) is 23.4 Å². The van der Waals surface area contributed by atoms with Crippen LogP contribution in [0, 0.1) is 13.8 Å². The summed E-state index contributed by atoms with van der Waals surface area (Å²) in [5.41, 5.74) is 5.30. The summed E-state index contributed by atoms with van der Waals surface area (Å²) in [7, 11) is -1.72. The Morgan fingerprint density at radius 3 is 2.43 bits per heavy atom. The van der Waals surface area contributed by atoms with Gasteiger partial charge in [0.25, 0.3) is 0 Å². The molecular weight excluding hydrogens is 402 g/mol. The number of pyridine rings is 1. The topological polar surface area (TPSA) is 101 Å². The van der Waals surface area contributed by atoms with Crippen molar-refractivity contribution in [1.29, 1.82) is 0 Å². The van der Waals surface area contributed by atoms with Crippen LogP contribution in [0.15, 0.2) is 48.7 Å². The number of nitrogens with one attached hydrogen (secondary N) is 1. The standard InChI is InChI=1S/C22H25N3O4S/c1-15-4-6-17(7-5-15)22(27)21-16(2)12-20(25(21)3)13-18-8-9-19(14-23-18)24-30(28,29)11-10-26/h4-9,12,14,24,26H,10-11,13H2,1-3H3. The summed E-state index contributed by atoms with van der Waals surface area (Å²) < 4.78 is 27.7. The fraction of sp³-hybridized carbons (Fsp3) is 0.273. The van der Waals surface area contributed by atoms with Gasteiger partial charge in [-0.05, 0) is 37.6 Å². The van der Waals surface area contributed by atoms with Gasteiger partial charge in [0.1, 0.15) is 0 Å². The molecule has 2 N–H and O–H groups in total. The van der Waals surface area contributed by atoms with Crippen molar-refractivity contribution in [2.45, 2.75) is 20.3 Å². The monoisotopic (exact) mass is 427 g/mol. The van der Waals surface area contributed by atoms with Gasteiger partial charge in [0.05, 0.1) is 29.9 Å². The van der Waals surface area contributed by atoms with E-state index in [2.05, 4.69) is 9.71 Å². The van der Waals surface area contributed by atoms with E-state index < -0.39 is 16.6 Å². The Kier molecular flexibility index (Phi) is 6.38. The molecule has 3 rings (SSSR count). The number of benzene rings is 1. The number of sulfonamides is 1. The van der Waals surface area contributed by atoms with Crippen molar-refractivity contribution in [2.75, 3.05) is 17.1 Å². The maximum Gasteiger partial charge on any atom is 0.235 e. The normalized spacial score (nSPS) is 11.5. The van der Waals surface area contributed by atoms with Gasteiger partial charge in [0, 0.05) is 30.4 Å². The molecule has 0 amide bonds. The highest BCUT2D eigenvalue weighted by atomic mass is 32.2. The van der Waals surface area contributed by atoms with Gasteiger partial charge in [-0.2, -0.15) is 0 Å². The summed E-state index contributed by atoms with van der Waals surface area (Å²) in [5.74, 6) is -0.391. The summed E-state index contributed by atoms with van der Waals surface area (Å²) in [6.45, 7) is 3.45. The van der Waals surface area contributed by atoms with Crippen molar-refractivity contribution < 1.29 is 18.3 Å². The van der Waals surface area contributed by atoms with Crippen LogP contribution in [-0.4, -0.2) is 41.2 Å². The molecule has 0 unspecified atom stereocenters. The number of ketones is 1.